The summed E-state index contributed by atoms with van der Waals surface area (Å²) < 4.78 is 0. The van der Waals surface area contributed by atoms with Gasteiger partial charge in [0.25, 0.3) is 0 Å². The molecule has 0 saturated heterocycles. The molecule has 0 bridgehead atoms. The summed E-state index contributed by atoms with van der Waals surface area (Å²) >= 11 is 0. The van der Waals surface area contributed by atoms with E-state index in [4.69, 9.17) is 0 Å². The van der Waals surface area contributed by atoms with Crippen LogP contribution in [0.1, 0.15) is 5.56 Å². The summed E-state index contributed by atoms with van der Waals surface area (Å²) in [6.45, 7) is 0.321. The third-order valence-corrected chi connectivity index (χ3v) is 1.26. The van der Waals surface area contributed by atoms with Crippen LogP contribution in [0.2, 0.25) is 0 Å². The third-order valence-electron chi connectivity index (χ3n) is 1.26. The van der Waals surface area contributed by atoms with E-state index in [9.17, 15) is 10.1 Å². The van der Waals surface area contributed by atoms with E-state index in [1.165, 1.54) is 0 Å². The van der Waals surface area contributed by atoms with E-state index in [-0.39, 0.29) is 0 Å². The molecule has 0 amide bonds. The molecule has 0 fully saturated rings. The minimum Gasteiger partial charge on any atom is -0.219 e. The molecule has 0 aliphatic rings. The van der Waals surface area contributed by atoms with Crippen molar-refractivity contribution < 1.29 is 10.0 Å². The van der Waals surface area contributed by atoms with Crippen LogP contribution in [0.25, 0.3) is 0 Å². The number of nitrogens with zero attached hydrogens (tertiary/aromatic N) is 1. The number of hydrogen-bond acceptors (Lipinski definition) is 4. The van der Waals surface area contributed by atoms with Gasteiger partial charge in [-0.05, 0) is 5.56 Å². The van der Waals surface area contributed by atoms with Crippen LogP contribution in [0, 0.1) is 10.1 Å². The Balaban J connectivity index is 2.29. The van der Waals surface area contributed by atoms with Gasteiger partial charge in [0, 0.05) is 6.54 Å². The Hall–Kier alpha value is -1.62. The van der Waals surface area contributed by atoms with Gasteiger partial charge in [0.2, 0.25) is 0 Å². The van der Waals surface area contributed by atoms with Crippen LogP contribution in [0.5, 0.6) is 0 Å². The van der Waals surface area contributed by atoms with Gasteiger partial charge in [0.1, 0.15) is 0 Å². The number of rotatable bonds is 4. The molecule has 0 spiro atoms. The molecule has 0 aliphatic heterocycles. The van der Waals surface area contributed by atoms with Gasteiger partial charge in [-0.25, -0.2) is 4.94 Å². The van der Waals surface area contributed by atoms with Crippen molar-refractivity contribution in [2.45, 2.75) is 6.54 Å². The van der Waals surface area contributed by atoms with Gasteiger partial charge < -0.3 is 0 Å². The molecule has 12 heavy (non-hydrogen) atoms. The maximum absolute atomic E-state index is 9.71. The van der Waals surface area contributed by atoms with Crippen molar-refractivity contribution in [1.29, 1.82) is 0 Å². The summed E-state index contributed by atoms with van der Waals surface area (Å²) in [6.07, 6.45) is 0. The maximum atomic E-state index is 9.71. The number of hydroxylamine groups is 1. The Bertz CT molecular complexity index is 250. The minimum absolute atomic E-state index is 0.321. The van der Waals surface area contributed by atoms with Crippen molar-refractivity contribution in [3.05, 3.63) is 46.0 Å². The Morgan fingerprint density at radius 2 is 2.08 bits per heavy atom. The highest BCUT2D eigenvalue weighted by atomic mass is 17.0. The number of nitrogens with one attached hydrogen (secondary N) is 1. The lowest BCUT2D eigenvalue weighted by atomic mass is 10.2. The second-order valence-corrected chi connectivity index (χ2v) is 2.12. The van der Waals surface area contributed by atoms with Gasteiger partial charge >= 0.3 is 5.09 Å². The van der Waals surface area contributed by atoms with Crippen LogP contribution in [0.3, 0.4) is 0 Å². The Kier molecular flexibility index (Phi) is 3.04. The van der Waals surface area contributed by atoms with Crippen molar-refractivity contribution in [1.82, 2.24) is 5.48 Å². The van der Waals surface area contributed by atoms with E-state index < -0.39 is 5.09 Å². The molecule has 0 aliphatic carbocycles. The molecular formula is C7H8N2O3. The van der Waals surface area contributed by atoms with E-state index in [2.05, 4.69) is 10.4 Å². The average molecular weight is 168 g/mol. The minimum atomic E-state index is -0.886. The van der Waals surface area contributed by atoms with Crippen molar-refractivity contribution in [3.63, 3.8) is 0 Å². The maximum Gasteiger partial charge on any atom is 0.311 e. The van der Waals surface area contributed by atoms with Gasteiger partial charge in [-0.1, -0.05) is 30.3 Å². The zero-order valence-electron chi connectivity index (χ0n) is 6.27. The first-order chi connectivity index (χ1) is 5.79. The molecule has 0 atom stereocenters. The molecule has 0 aromatic heterocycles. The number of benzene rings is 1. The molecule has 0 radical (unpaired) electrons. The fourth-order valence-corrected chi connectivity index (χ4v) is 0.764. The van der Waals surface area contributed by atoms with Crippen LogP contribution in [0.15, 0.2) is 30.3 Å². The number of hydrogen-bond donors (Lipinski definition) is 1. The molecule has 0 saturated carbocycles. The molecule has 5 nitrogen and oxygen atoms in total. The van der Waals surface area contributed by atoms with Crippen molar-refractivity contribution in [2.75, 3.05) is 0 Å². The first kappa shape index (κ1) is 8.48. The fraction of sp³-hybridized carbons (Fsp3) is 0.143. The normalized spacial score (nSPS) is 9.33. The van der Waals surface area contributed by atoms with Crippen molar-refractivity contribution in [2.24, 2.45) is 0 Å². The second-order valence-electron chi connectivity index (χ2n) is 2.12. The van der Waals surface area contributed by atoms with E-state index >= 15 is 0 Å². The fourth-order valence-electron chi connectivity index (χ4n) is 0.764. The van der Waals surface area contributed by atoms with Gasteiger partial charge in [0.05, 0.1) is 0 Å². The summed E-state index contributed by atoms with van der Waals surface area (Å²) in [6, 6.07) is 9.26. The largest absolute Gasteiger partial charge is 0.311 e. The first-order valence-electron chi connectivity index (χ1n) is 3.37. The average Bonchev–Trinajstić information content (AvgIpc) is 2.05. The summed E-state index contributed by atoms with van der Waals surface area (Å²) in [5.41, 5.74) is 3.13. The second kappa shape index (κ2) is 4.30. The van der Waals surface area contributed by atoms with Gasteiger partial charge in [-0.15, -0.1) is 10.1 Å². The summed E-state index contributed by atoms with van der Waals surface area (Å²) in [5.74, 6) is 0. The highest BCUT2D eigenvalue weighted by molar-refractivity contribution is 5.13. The van der Waals surface area contributed by atoms with Crippen LogP contribution >= 0.6 is 0 Å². The lowest BCUT2D eigenvalue weighted by Crippen LogP contribution is -2.17. The zero-order valence-corrected chi connectivity index (χ0v) is 6.27. The SMILES string of the molecule is O=[N+]([O-])ONCc1ccccc1. The van der Waals surface area contributed by atoms with Gasteiger partial charge in [-0.3, -0.25) is 0 Å². The van der Waals surface area contributed by atoms with Crippen LogP contribution < -0.4 is 5.48 Å². The quantitative estimate of drug-likeness (QED) is 0.535. The molecule has 0 unspecified atom stereocenters. The summed E-state index contributed by atoms with van der Waals surface area (Å²) in [7, 11) is 0. The molecule has 64 valence electrons. The topological polar surface area (TPSA) is 64.4 Å². The molecule has 1 rings (SSSR count). The Labute approximate surface area is 69.0 Å². The first-order valence-corrected chi connectivity index (χ1v) is 3.37. The highest BCUT2D eigenvalue weighted by Crippen LogP contribution is 1.96. The summed E-state index contributed by atoms with van der Waals surface area (Å²) in [4.78, 5) is 13.6. The molecule has 5 heteroatoms. The Morgan fingerprint density at radius 1 is 1.42 bits per heavy atom. The monoisotopic (exact) mass is 168 g/mol. The standard InChI is InChI=1S/C7H8N2O3/c10-9(11)12-8-6-7-4-2-1-3-5-7/h1-5,8H,6H2. The van der Waals surface area contributed by atoms with Crippen LogP contribution in [0.4, 0.5) is 0 Å². The van der Waals surface area contributed by atoms with Gasteiger partial charge in [-0.2, -0.15) is 5.48 Å². The molecular weight excluding hydrogens is 160 g/mol. The predicted molar refractivity (Wildman–Crippen MR) is 41.4 cm³/mol. The van der Waals surface area contributed by atoms with E-state index in [0.29, 0.717) is 6.54 Å². The molecule has 1 N–H and O–H groups in total. The molecule has 1 aromatic carbocycles. The zero-order chi connectivity index (χ0) is 8.81. The van der Waals surface area contributed by atoms with Crippen LogP contribution in [-0.4, -0.2) is 5.09 Å². The molecule has 1 aromatic rings. The van der Waals surface area contributed by atoms with E-state index in [1.807, 2.05) is 30.3 Å². The van der Waals surface area contributed by atoms with Crippen molar-refractivity contribution >= 4 is 0 Å². The summed E-state index contributed by atoms with van der Waals surface area (Å²) in [5, 5.41) is 8.82. The smallest absolute Gasteiger partial charge is 0.219 e. The predicted octanol–water partition coefficient (Wildman–Crippen LogP) is 0.899. The lowest BCUT2D eigenvalue weighted by molar-refractivity contribution is -0.777. The molecule has 0 heterocycles. The van der Waals surface area contributed by atoms with Gasteiger partial charge in [0.15, 0.2) is 0 Å². The Morgan fingerprint density at radius 3 is 2.67 bits per heavy atom. The lowest BCUT2D eigenvalue weighted by Gasteiger charge is -2.00. The van der Waals surface area contributed by atoms with E-state index in [0.717, 1.165) is 5.56 Å². The van der Waals surface area contributed by atoms with Crippen molar-refractivity contribution in [3.8, 4) is 0 Å². The van der Waals surface area contributed by atoms with E-state index in [1.54, 1.807) is 0 Å². The highest BCUT2D eigenvalue weighted by Gasteiger charge is 1.93. The van der Waals surface area contributed by atoms with Crippen LogP contribution in [-0.2, 0) is 11.5 Å². The third kappa shape index (κ3) is 2.98.